The number of rotatable bonds is 7. The maximum absolute atomic E-state index is 15.1. The first-order chi connectivity index (χ1) is 36.5. The second kappa shape index (κ2) is 17.9. The smallest absolute Gasteiger partial charge is 0.308 e. The summed E-state index contributed by atoms with van der Waals surface area (Å²) in [6.07, 6.45) is -4.74. The van der Waals surface area contributed by atoms with Crippen LogP contribution < -0.4 is 0 Å². The molecule has 0 unspecified atom stereocenters. The Morgan fingerprint density at radius 2 is 0.920 bits per heavy atom. The van der Waals surface area contributed by atoms with Crippen LogP contribution in [0.1, 0.15) is 27.8 Å². The summed E-state index contributed by atoms with van der Waals surface area (Å²) in [6.45, 7) is 9.68. The fourth-order valence-electron chi connectivity index (χ4n) is 10.1. The molecule has 3 heterocycles. The van der Waals surface area contributed by atoms with Gasteiger partial charge in [-0.25, -0.2) is 19.8 Å². The van der Waals surface area contributed by atoms with E-state index in [4.69, 9.17) is 21.5 Å². The van der Waals surface area contributed by atoms with Crippen LogP contribution in [0.3, 0.4) is 0 Å². The first kappa shape index (κ1) is 45.5. The van der Waals surface area contributed by atoms with E-state index < -0.39 is 11.7 Å². The Labute approximate surface area is 427 Å². The third-order valence-corrected chi connectivity index (χ3v) is 13.5. The molecule has 3 aromatic heterocycles. The lowest BCUT2D eigenvalue weighted by Gasteiger charge is -2.18. The van der Waals surface area contributed by atoms with Gasteiger partial charge in [0.25, 0.3) is 0 Å². The highest BCUT2D eigenvalue weighted by atomic mass is 19.4. The molecule has 12 heteroatoms. The van der Waals surface area contributed by atoms with Crippen LogP contribution in [0, 0.1) is 47.5 Å². The molecule has 0 saturated heterocycles. The zero-order chi connectivity index (χ0) is 51.5. The molecule has 0 N–H and O–H groups in total. The van der Waals surface area contributed by atoms with E-state index >= 15 is 13.2 Å². The minimum absolute atomic E-state index is 0.00706. The Morgan fingerprint density at radius 3 is 1.47 bits per heavy atom. The quantitative estimate of drug-likeness (QED) is 0.147. The van der Waals surface area contributed by atoms with Gasteiger partial charge >= 0.3 is 6.18 Å². The number of halogens is 3. The van der Waals surface area contributed by atoms with Gasteiger partial charge in [-0.2, -0.15) is 29.0 Å². The number of fused-ring (bicyclic) bond motifs is 6. The summed E-state index contributed by atoms with van der Waals surface area (Å²) in [7, 11) is 0. The van der Waals surface area contributed by atoms with Gasteiger partial charge in [-0.15, -0.1) is 0 Å². The molecular weight excluding hydrogens is 940 g/mol. The first-order valence-electron chi connectivity index (χ1n) is 23.6. The van der Waals surface area contributed by atoms with Gasteiger partial charge in [0.2, 0.25) is 0 Å². The van der Waals surface area contributed by atoms with Gasteiger partial charge in [-0.05, 0) is 120 Å². The lowest BCUT2D eigenvalue weighted by Crippen LogP contribution is -2.09. The number of benzene rings is 9. The normalized spacial score (nSPS) is 11.4. The van der Waals surface area contributed by atoms with Gasteiger partial charge < -0.3 is 9.13 Å². The van der Waals surface area contributed by atoms with Crippen LogP contribution in [-0.4, -0.2) is 24.1 Å². The van der Waals surface area contributed by atoms with Crippen molar-refractivity contribution in [3.8, 4) is 86.0 Å². The first-order valence-corrected chi connectivity index (χ1v) is 23.6. The van der Waals surface area contributed by atoms with E-state index in [0.717, 1.165) is 55.8 Å². The van der Waals surface area contributed by atoms with Crippen molar-refractivity contribution >= 4 is 49.3 Å². The fraction of sp³-hybridized carbons (Fsp3) is 0.0317. The van der Waals surface area contributed by atoms with Crippen LogP contribution >= 0.6 is 0 Å². The van der Waals surface area contributed by atoms with Crippen molar-refractivity contribution < 1.29 is 13.2 Å². The van der Waals surface area contributed by atoms with Crippen molar-refractivity contribution in [2.75, 3.05) is 0 Å². The van der Waals surface area contributed by atoms with Crippen LogP contribution in [0.5, 0.6) is 0 Å². The highest BCUT2D eigenvalue weighted by Crippen LogP contribution is 2.43. The molecule has 0 aliphatic heterocycles. The molecule has 9 nitrogen and oxygen atoms in total. The van der Waals surface area contributed by atoms with Gasteiger partial charge in [0.1, 0.15) is 0 Å². The number of aryl methyl sites for hydroxylation is 1. The van der Waals surface area contributed by atoms with E-state index in [-0.39, 0.29) is 23.0 Å². The van der Waals surface area contributed by atoms with Crippen LogP contribution in [0.25, 0.3) is 116 Å². The molecule has 0 aliphatic carbocycles. The topological polar surface area (TPSA) is 124 Å². The van der Waals surface area contributed by atoms with Crippen LogP contribution in [0.4, 0.5) is 18.9 Å². The zero-order valence-electron chi connectivity index (χ0n) is 39.6. The molecule has 0 bridgehead atoms. The monoisotopic (exact) mass is 973 g/mol. The fourth-order valence-corrected chi connectivity index (χ4v) is 10.1. The molecule has 0 radical (unpaired) electrons. The van der Waals surface area contributed by atoms with Crippen molar-refractivity contribution in [1.29, 1.82) is 15.8 Å². The molecule has 0 amide bonds. The minimum atomic E-state index is -4.74. The molecule has 12 rings (SSSR count). The molecule has 75 heavy (non-hydrogen) atoms. The second-order valence-corrected chi connectivity index (χ2v) is 18.1. The van der Waals surface area contributed by atoms with Gasteiger partial charge in [0.15, 0.2) is 23.2 Å². The van der Waals surface area contributed by atoms with E-state index in [1.807, 2.05) is 145 Å². The van der Waals surface area contributed by atoms with Gasteiger partial charge in [-0.1, -0.05) is 103 Å². The number of nitriles is 3. The molecule has 9 aromatic carbocycles. The third-order valence-electron chi connectivity index (χ3n) is 13.5. The molecule has 0 atom stereocenters. The number of para-hydroxylation sites is 2. The average Bonchev–Trinajstić information content (AvgIpc) is 3.98. The Hall–Kier alpha value is -10.7. The molecule has 12 aromatic rings. The van der Waals surface area contributed by atoms with Crippen molar-refractivity contribution in [3.63, 3.8) is 0 Å². The number of alkyl halides is 3. The number of nitrogens with zero attached hydrogens (tertiary/aromatic N) is 9. The van der Waals surface area contributed by atoms with Crippen LogP contribution in [-0.2, 0) is 6.18 Å². The molecule has 0 saturated carbocycles. The molecule has 0 spiro atoms. The number of hydrogen-bond donors (Lipinski definition) is 0. The molecule has 0 aliphatic rings. The zero-order valence-corrected chi connectivity index (χ0v) is 39.6. The largest absolute Gasteiger partial charge is 0.416 e. The number of hydrogen-bond acceptors (Lipinski definition) is 6. The summed E-state index contributed by atoms with van der Waals surface area (Å²) in [6, 6.07) is 62.7. The summed E-state index contributed by atoms with van der Waals surface area (Å²) in [5.74, 6) is 0.438. The summed E-state index contributed by atoms with van der Waals surface area (Å²) >= 11 is 0. The van der Waals surface area contributed by atoms with Crippen LogP contribution in [0.2, 0.25) is 0 Å². The van der Waals surface area contributed by atoms with Crippen LogP contribution in [0.15, 0.2) is 188 Å². The van der Waals surface area contributed by atoms with Crippen molar-refractivity contribution in [3.05, 3.63) is 227 Å². The van der Waals surface area contributed by atoms with E-state index in [2.05, 4.69) is 27.6 Å². The lowest BCUT2D eigenvalue weighted by molar-refractivity contribution is -0.137. The van der Waals surface area contributed by atoms with Gasteiger partial charge in [0.05, 0.1) is 74.9 Å². The Morgan fingerprint density at radius 1 is 0.440 bits per heavy atom. The van der Waals surface area contributed by atoms with E-state index in [9.17, 15) is 15.8 Å². The van der Waals surface area contributed by atoms with Crippen molar-refractivity contribution in [2.24, 2.45) is 0 Å². The predicted molar refractivity (Wildman–Crippen MR) is 286 cm³/mol. The highest BCUT2D eigenvalue weighted by Gasteiger charge is 2.33. The predicted octanol–water partition coefficient (Wildman–Crippen LogP) is 15.9. The Kier molecular flexibility index (Phi) is 10.8. The van der Waals surface area contributed by atoms with E-state index in [1.54, 1.807) is 30.3 Å². The molecule has 352 valence electrons. The maximum atomic E-state index is 15.1. The summed E-state index contributed by atoms with van der Waals surface area (Å²) < 4.78 is 49.3. The summed E-state index contributed by atoms with van der Waals surface area (Å²) in [4.78, 5) is 19.0. The summed E-state index contributed by atoms with van der Waals surface area (Å²) in [5.41, 5.74) is 9.51. The Balaban J connectivity index is 1.13. The molecule has 0 fully saturated rings. The second-order valence-electron chi connectivity index (χ2n) is 18.1. The highest BCUT2D eigenvalue weighted by molar-refractivity contribution is 6.12. The van der Waals surface area contributed by atoms with Crippen molar-refractivity contribution in [1.82, 2.24) is 24.1 Å². The SMILES string of the molecule is [C-]#[N+]c1cc(C#N)cc(-c2ccc3c4ccccc4n(-c4ccc(C)cc4-c4nc(-c5ccccc5)nc(-c5cc(C(F)(F)F)ccc5-n5c6ccccc6c6ccc(-c7cc(C#N)cc(C#N)c7)cc65)n4)c3c2)c1. The standard InChI is InChI=1S/C63H34F3N9/c1-37-16-22-56(74-54-14-8-6-12-48(54)51-21-18-43(32-59(51)74)45-28-40(36-69)29-47(30-45)70-2)52(24-37)61-71-60(41-10-4-3-5-11-41)72-62(73-61)53-33-46(63(64,65)66)19-23-57(53)75-55-15-9-7-13-49(55)50-20-17-42(31-58(50)75)44-26-38(34-67)25-39(27-44)35-68/h3-33H,1H3. The lowest BCUT2D eigenvalue weighted by atomic mass is 9.99. The van der Waals surface area contributed by atoms with Gasteiger partial charge in [-0.3, -0.25) is 0 Å². The van der Waals surface area contributed by atoms with Gasteiger partial charge in [0, 0.05) is 43.8 Å². The Bertz CT molecular complexity index is 4470. The maximum Gasteiger partial charge on any atom is 0.416 e. The summed E-state index contributed by atoms with van der Waals surface area (Å²) in [5, 5.41) is 33.1. The average molecular weight is 974 g/mol. The number of aromatic nitrogens is 5. The minimum Gasteiger partial charge on any atom is -0.308 e. The van der Waals surface area contributed by atoms with E-state index in [1.165, 1.54) is 12.1 Å². The van der Waals surface area contributed by atoms with Crippen molar-refractivity contribution in [2.45, 2.75) is 13.1 Å². The molecular formula is C63H34F3N9. The third kappa shape index (κ3) is 7.93. The van der Waals surface area contributed by atoms with E-state index in [0.29, 0.717) is 72.6 Å².